The number of anilines is 1. The second kappa shape index (κ2) is 35.5. The molecule has 0 amide bonds. The molecule has 0 bridgehead atoms. The van der Waals surface area contributed by atoms with Gasteiger partial charge in [-0.1, -0.05) is 206 Å². The normalized spacial score (nSPS) is 13.8. The number of pyridine rings is 2. The number of aromatic nitrogens is 4. The third-order valence-electron chi connectivity index (χ3n) is 18.8. The number of phenolic OH excluding ortho intramolecular Hbond substituents is 2. The molecule has 4 atom stereocenters. The minimum Gasteiger partial charge on any atom is -0.562 e. The zero-order valence-corrected chi connectivity index (χ0v) is 64.6. The molecule has 0 saturated carbocycles. The van der Waals surface area contributed by atoms with Crippen LogP contribution in [0.1, 0.15) is 180 Å². The van der Waals surface area contributed by atoms with Crippen LogP contribution in [0.2, 0.25) is 0 Å². The summed E-state index contributed by atoms with van der Waals surface area (Å²) in [6.45, 7) is 32.3. The molecule has 1 aliphatic carbocycles. The van der Waals surface area contributed by atoms with Crippen molar-refractivity contribution in [3.8, 4) is 50.8 Å². The van der Waals surface area contributed by atoms with Gasteiger partial charge in [0.25, 0.3) is 0 Å². The van der Waals surface area contributed by atoms with Crippen LogP contribution in [0.25, 0.3) is 77.2 Å². The largest absolute Gasteiger partial charge is 2.00 e. The van der Waals surface area contributed by atoms with Crippen LogP contribution in [0, 0.1) is 29.4 Å². The van der Waals surface area contributed by atoms with Gasteiger partial charge in [-0.15, -0.1) is 29.8 Å². The monoisotopic (exact) mass is 1650 g/mol. The molecule has 11 aromatic rings. The molecule has 97 heavy (non-hydrogen) atoms. The van der Waals surface area contributed by atoms with E-state index in [2.05, 4.69) is 233 Å². The van der Waals surface area contributed by atoms with Gasteiger partial charge in [-0.2, -0.15) is 41.0 Å². The Hall–Kier alpha value is -6.55. The minimum atomic E-state index is 0. The molecule has 0 saturated heterocycles. The Morgan fingerprint density at radius 3 is 1.90 bits per heavy atom. The van der Waals surface area contributed by atoms with E-state index in [1.165, 1.54) is 68.3 Å². The quantitative estimate of drug-likeness (QED) is 0.0783. The van der Waals surface area contributed by atoms with Crippen LogP contribution in [0.3, 0.4) is 0 Å². The fourth-order valence-corrected chi connectivity index (χ4v) is 13.1. The van der Waals surface area contributed by atoms with Crippen LogP contribution in [0.15, 0.2) is 200 Å². The molecule has 8 aromatic carbocycles. The van der Waals surface area contributed by atoms with Gasteiger partial charge in [0.1, 0.15) is 11.5 Å². The average molecular weight is 1650 g/mol. The van der Waals surface area contributed by atoms with Crippen molar-refractivity contribution in [1.29, 1.82) is 0 Å². The molecule has 1 aliphatic heterocycles. The van der Waals surface area contributed by atoms with E-state index < -0.39 is 0 Å². The van der Waals surface area contributed by atoms with Crippen molar-refractivity contribution < 1.29 is 83.7 Å². The summed E-state index contributed by atoms with van der Waals surface area (Å²) in [6.07, 6.45) is 14.7. The Balaban J connectivity index is 0.000000202. The first kappa shape index (κ1) is 79.4. The van der Waals surface area contributed by atoms with Gasteiger partial charge in [-0.3, -0.25) is 14.6 Å². The molecule has 2 aliphatic rings. The summed E-state index contributed by atoms with van der Waals surface area (Å²) in [5.41, 5.74) is 23.5. The second-order valence-corrected chi connectivity index (χ2v) is 28.1. The first-order valence-corrected chi connectivity index (χ1v) is 33.8. The van der Waals surface area contributed by atoms with Crippen LogP contribution in [0.5, 0.6) is 11.5 Å². The minimum absolute atomic E-state index is 0. The van der Waals surface area contributed by atoms with Gasteiger partial charge in [0.2, 0.25) is 0 Å². The maximum atomic E-state index is 10.4. The van der Waals surface area contributed by atoms with Crippen LogP contribution in [0.4, 0.5) is 5.69 Å². The molecule has 13 rings (SSSR count). The van der Waals surface area contributed by atoms with Crippen molar-refractivity contribution in [1.82, 2.24) is 19.7 Å². The fourth-order valence-electron chi connectivity index (χ4n) is 13.1. The van der Waals surface area contributed by atoms with Crippen LogP contribution >= 0.6 is 0 Å². The van der Waals surface area contributed by atoms with Gasteiger partial charge in [0, 0.05) is 87.4 Å². The molecule has 4 unspecified atom stereocenters. The average Bonchev–Trinajstić information content (AvgIpc) is 1.59. The second-order valence-electron chi connectivity index (χ2n) is 28.1. The Bertz CT molecular complexity index is 4420. The third kappa shape index (κ3) is 19.3. The molecule has 2 N–H and O–H groups in total. The molecule has 4 heterocycles. The van der Waals surface area contributed by atoms with Crippen LogP contribution < -0.4 is 5.01 Å². The van der Waals surface area contributed by atoms with Crippen molar-refractivity contribution in [3.63, 3.8) is 0 Å². The maximum Gasteiger partial charge on any atom is 2.00 e. The summed E-state index contributed by atoms with van der Waals surface area (Å²) < 4.78 is 2.01. The fraction of sp³-hybridized carbons (Fsp3) is 0.329. The Labute approximate surface area is 625 Å². The Kier molecular flexibility index (Phi) is 29.1. The molecule has 0 fully saturated rings. The number of aromatic hydroxyl groups is 2. The zero-order chi connectivity index (χ0) is 66.1. The van der Waals surface area contributed by atoms with E-state index in [1.54, 1.807) is 6.07 Å². The predicted molar refractivity (Wildman–Crippen MR) is 392 cm³/mol. The molecular formula is C85H95IrN6Ni2O2Pd-. The molecule has 517 valence electrons. The predicted octanol–water partition coefficient (Wildman–Crippen LogP) is 23.0. The van der Waals surface area contributed by atoms with E-state index in [-0.39, 0.29) is 95.8 Å². The Morgan fingerprint density at radius 1 is 0.567 bits per heavy atom. The van der Waals surface area contributed by atoms with E-state index in [4.69, 9.17) is 0 Å². The first-order valence-electron chi connectivity index (χ1n) is 33.8. The van der Waals surface area contributed by atoms with Crippen molar-refractivity contribution >= 4 is 38.1 Å². The molecule has 1 radical (unpaired) electrons. The number of rotatable bonds is 15. The van der Waals surface area contributed by atoms with E-state index >= 15 is 0 Å². The zero-order valence-electron chi connectivity index (χ0n) is 58.7. The van der Waals surface area contributed by atoms with Crippen molar-refractivity contribution in [2.45, 2.75) is 159 Å². The number of benzene rings is 8. The summed E-state index contributed by atoms with van der Waals surface area (Å²) in [5.74, 6) is 3.46. The number of phenols is 2. The van der Waals surface area contributed by atoms with Gasteiger partial charge in [0.15, 0.2) is 0 Å². The number of hydrogen-bond donors (Lipinski definition) is 2. The third-order valence-corrected chi connectivity index (χ3v) is 18.8. The summed E-state index contributed by atoms with van der Waals surface area (Å²) in [5, 5.41) is 32.8. The number of nitrogens with zero attached hydrogens (tertiary/aromatic N) is 6. The topological polar surface area (TPSA) is 101 Å². The van der Waals surface area contributed by atoms with Crippen molar-refractivity contribution in [3.05, 3.63) is 251 Å². The smallest absolute Gasteiger partial charge is 0.562 e. The van der Waals surface area contributed by atoms with Gasteiger partial charge in [0.05, 0.1) is 23.1 Å². The maximum absolute atomic E-state index is 10.4. The summed E-state index contributed by atoms with van der Waals surface area (Å²) in [6, 6.07) is 65.1. The van der Waals surface area contributed by atoms with Crippen LogP contribution in [-0.4, -0.2) is 36.5 Å². The van der Waals surface area contributed by atoms with E-state index in [0.717, 1.165) is 93.2 Å². The summed E-state index contributed by atoms with van der Waals surface area (Å²) >= 11 is 0. The van der Waals surface area contributed by atoms with E-state index in [1.807, 2.05) is 95.0 Å². The van der Waals surface area contributed by atoms with E-state index in [0.29, 0.717) is 29.6 Å². The molecule has 12 heteroatoms. The standard InChI is InChI=1S/C22H24N2.C22H27N2.C21H23NO.C20H21NO.Ir.2Ni.Pd/c1-5-15(2)16-13-23-24(14-16)17-10-11-21-19(12-17)18-8-6-7-9-20(18)22(21,3)4;1-5-8-17(4)19-11-12-22-20(13-19)15-23-24(22)21-10-7-9-18(14-21)16(3)6-2;1-14(2)10-15(3)16-8-9-22-20(12-16)19-11-17-6-4-5-7-18(17)13-21(19)23;1-20(2,3)12-14-8-9-19(22)17(10-14)18-11-15-6-4-5-7-16(15)13-21-18;;;;/h6-9,11-12,14-15H,5,13H2,1-4H3;7,9,11-17H,5-6,8H2,1-4H3;4-9,11-15,23H,10H2,1-3H3;4-11,13,22H,12H2,1-3H3;;;;/q-2;-1;;;;;;+2. The van der Waals surface area contributed by atoms with Gasteiger partial charge < -0.3 is 20.6 Å². The molecular weight excluding hydrogens is 1550 g/mol. The molecule has 3 aromatic heterocycles. The first-order chi connectivity index (χ1) is 44.6. The number of fused-ring (bicyclic) bond motifs is 6. The molecule has 8 nitrogen and oxygen atoms in total. The van der Waals surface area contributed by atoms with Crippen molar-refractivity contribution in [2.24, 2.45) is 17.3 Å². The number of hydrogen-bond acceptors (Lipinski definition) is 6. The summed E-state index contributed by atoms with van der Waals surface area (Å²) in [4.78, 5) is 8.99. The molecule has 0 spiro atoms. The SMILES string of the molecule is CC(C)(C)Cc1ccc(O)c(-c2cc3ccccc3cn2)c1.CC(C)CC(C)c1ccnc(-c2cc3ccccc3cc2O)c1.CCC(C)C1=CN(c2[c-]cc3c(c2)-c2ccccc2C3(C)C)[N-]C1.CCCC(C)c1ccc2c(cnn2-c2[c-]ccc(C(C)CC)c2)c1.[Ir].[Ni].[Ni].[Pd+2]. The van der Waals surface area contributed by atoms with Gasteiger partial charge >= 0.3 is 20.4 Å². The van der Waals surface area contributed by atoms with E-state index in [9.17, 15) is 10.2 Å². The Morgan fingerprint density at radius 2 is 1.21 bits per heavy atom. The summed E-state index contributed by atoms with van der Waals surface area (Å²) in [7, 11) is 0. The van der Waals surface area contributed by atoms with Crippen molar-refractivity contribution in [2.75, 3.05) is 11.6 Å². The van der Waals surface area contributed by atoms with Gasteiger partial charge in [-0.05, 0) is 177 Å². The van der Waals surface area contributed by atoms with Crippen LogP contribution in [-0.2, 0) is 85.3 Å². The van der Waals surface area contributed by atoms with Gasteiger partial charge in [-0.25, -0.2) is 0 Å².